The molecule has 2 aliphatic rings. The molecule has 0 aliphatic carbocycles. The third-order valence-corrected chi connectivity index (χ3v) is 7.12. The number of piperidine rings is 1. The van der Waals surface area contributed by atoms with Gasteiger partial charge in [-0.1, -0.05) is 6.42 Å². The zero-order valence-electron chi connectivity index (χ0n) is 17.4. The van der Waals surface area contributed by atoms with Crippen LogP contribution < -0.4 is 14.8 Å². The average Bonchev–Trinajstić information content (AvgIpc) is 2.83. The number of nitrogens with one attached hydrogen (secondary N) is 1. The summed E-state index contributed by atoms with van der Waals surface area (Å²) in [7, 11) is -3.57. The maximum Gasteiger partial charge on any atom is 0.338 e. The first-order chi connectivity index (χ1) is 15.4. The van der Waals surface area contributed by atoms with Gasteiger partial charge in [-0.3, -0.25) is 4.79 Å². The highest BCUT2D eigenvalue weighted by Crippen LogP contribution is 2.32. The molecule has 1 fully saturated rings. The van der Waals surface area contributed by atoms with Gasteiger partial charge in [0.15, 0.2) is 18.1 Å². The minimum atomic E-state index is -3.57. The Morgan fingerprint density at radius 3 is 2.34 bits per heavy atom. The van der Waals surface area contributed by atoms with Gasteiger partial charge in [-0.2, -0.15) is 4.31 Å². The Morgan fingerprint density at radius 2 is 1.62 bits per heavy atom. The third kappa shape index (κ3) is 5.03. The van der Waals surface area contributed by atoms with Crippen LogP contribution in [0.1, 0.15) is 29.6 Å². The molecule has 2 aromatic carbocycles. The quantitative estimate of drug-likeness (QED) is 0.659. The molecule has 0 atom stereocenters. The van der Waals surface area contributed by atoms with Crippen LogP contribution >= 0.6 is 0 Å². The molecule has 2 aromatic rings. The summed E-state index contributed by atoms with van der Waals surface area (Å²) >= 11 is 0. The van der Waals surface area contributed by atoms with Crippen LogP contribution in [0.2, 0.25) is 0 Å². The number of carbonyl (C=O) groups excluding carboxylic acids is 2. The van der Waals surface area contributed by atoms with Crippen molar-refractivity contribution in [2.45, 2.75) is 24.2 Å². The van der Waals surface area contributed by atoms with Crippen LogP contribution in [0, 0.1) is 0 Å². The predicted molar refractivity (Wildman–Crippen MR) is 115 cm³/mol. The Morgan fingerprint density at radius 1 is 0.938 bits per heavy atom. The van der Waals surface area contributed by atoms with Crippen LogP contribution in [-0.2, 0) is 19.6 Å². The fourth-order valence-electron chi connectivity index (χ4n) is 3.55. The molecule has 1 N–H and O–H groups in total. The van der Waals surface area contributed by atoms with Crippen molar-refractivity contribution in [3.8, 4) is 11.5 Å². The Balaban J connectivity index is 1.31. The van der Waals surface area contributed by atoms with Crippen LogP contribution in [0.3, 0.4) is 0 Å². The van der Waals surface area contributed by atoms with E-state index in [0.717, 1.165) is 19.3 Å². The number of amides is 1. The lowest BCUT2D eigenvalue weighted by atomic mass is 10.2. The number of carbonyl (C=O) groups is 2. The lowest BCUT2D eigenvalue weighted by Crippen LogP contribution is -2.35. The largest absolute Gasteiger partial charge is 0.486 e. The number of esters is 1. The highest BCUT2D eigenvalue weighted by molar-refractivity contribution is 7.89. The predicted octanol–water partition coefficient (Wildman–Crippen LogP) is 2.43. The first-order valence-electron chi connectivity index (χ1n) is 10.4. The van der Waals surface area contributed by atoms with E-state index < -0.39 is 28.5 Å². The normalized spacial score (nSPS) is 16.2. The van der Waals surface area contributed by atoms with E-state index in [1.54, 1.807) is 18.2 Å². The number of hydrogen-bond donors (Lipinski definition) is 1. The van der Waals surface area contributed by atoms with Gasteiger partial charge in [0.05, 0.1) is 10.5 Å². The van der Waals surface area contributed by atoms with E-state index in [4.69, 9.17) is 14.2 Å². The molecular formula is C22H24N2O7S. The first-order valence-corrected chi connectivity index (χ1v) is 11.8. The molecule has 0 unspecified atom stereocenters. The lowest BCUT2D eigenvalue weighted by Gasteiger charge is -2.25. The summed E-state index contributed by atoms with van der Waals surface area (Å²) in [4.78, 5) is 24.5. The van der Waals surface area contributed by atoms with Crippen LogP contribution in [0.5, 0.6) is 11.5 Å². The summed E-state index contributed by atoms with van der Waals surface area (Å²) in [5, 5.41) is 2.63. The monoisotopic (exact) mass is 460 g/mol. The zero-order valence-corrected chi connectivity index (χ0v) is 18.2. The summed E-state index contributed by atoms with van der Waals surface area (Å²) in [6.07, 6.45) is 2.72. The number of nitrogens with zero attached hydrogens (tertiary/aromatic N) is 1. The van der Waals surface area contributed by atoms with Gasteiger partial charge >= 0.3 is 5.97 Å². The van der Waals surface area contributed by atoms with E-state index in [-0.39, 0.29) is 10.5 Å². The van der Waals surface area contributed by atoms with Crippen molar-refractivity contribution < 1.29 is 32.2 Å². The van der Waals surface area contributed by atoms with Gasteiger partial charge in [-0.25, -0.2) is 13.2 Å². The second kappa shape index (κ2) is 9.58. The molecule has 0 bridgehead atoms. The number of fused-ring (bicyclic) bond motifs is 1. The molecule has 0 spiro atoms. The summed E-state index contributed by atoms with van der Waals surface area (Å²) in [5.41, 5.74) is 0.650. The van der Waals surface area contributed by atoms with E-state index >= 15 is 0 Å². The molecule has 0 saturated carbocycles. The minimum absolute atomic E-state index is 0.132. The first kappa shape index (κ1) is 22.1. The van der Waals surface area contributed by atoms with Crippen molar-refractivity contribution in [2.24, 2.45) is 0 Å². The van der Waals surface area contributed by atoms with Gasteiger partial charge in [-0.05, 0) is 49.2 Å². The van der Waals surface area contributed by atoms with E-state index in [9.17, 15) is 18.0 Å². The van der Waals surface area contributed by atoms with E-state index in [1.807, 2.05) is 0 Å². The van der Waals surface area contributed by atoms with Crippen LogP contribution in [0.25, 0.3) is 0 Å². The third-order valence-electron chi connectivity index (χ3n) is 5.20. The van der Waals surface area contributed by atoms with Crippen molar-refractivity contribution in [2.75, 3.05) is 38.2 Å². The summed E-state index contributed by atoms with van der Waals surface area (Å²) < 4.78 is 42.8. The van der Waals surface area contributed by atoms with Crippen molar-refractivity contribution >= 4 is 27.6 Å². The maximum absolute atomic E-state index is 12.7. The van der Waals surface area contributed by atoms with Gasteiger partial charge in [0, 0.05) is 24.8 Å². The maximum atomic E-state index is 12.7. The second-order valence-corrected chi connectivity index (χ2v) is 9.41. The molecule has 10 heteroatoms. The Bertz CT molecular complexity index is 1090. The van der Waals surface area contributed by atoms with Crippen LogP contribution in [-0.4, -0.2) is 57.5 Å². The topological polar surface area (TPSA) is 111 Å². The molecule has 0 radical (unpaired) electrons. The molecule has 170 valence electrons. The van der Waals surface area contributed by atoms with Gasteiger partial charge in [0.25, 0.3) is 5.91 Å². The number of rotatable bonds is 6. The molecule has 2 heterocycles. The Kier molecular flexibility index (Phi) is 6.61. The SMILES string of the molecule is O=C(COC(=O)c1ccc(S(=O)(=O)N2CCCCC2)cc1)Nc1ccc2c(c1)OCCO2. The molecule has 9 nitrogen and oxygen atoms in total. The van der Waals surface area contributed by atoms with E-state index in [0.29, 0.717) is 43.5 Å². The number of sulfonamides is 1. The van der Waals surface area contributed by atoms with Crippen molar-refractivity contribution in [3.63, 3.8) is 0 Å². The van der Waals surface area contributed by atoms with E-state index in [1.165, 1.54) is 28.6 Å². The fraction of sp³-hybridized carbons (Fsp3) is 0.364. The second-order valence-electron chi connectivity index (χ2n) is 7.47. The molecule has 0 aromatic heterocycles. The fourth-order valence-corrected chi connectivity index (χ4v) is 5.07. The molecule has 4 rings (SSSR count). The molecule has 2 aliphatic heterocycles. The van der Waals surface area contributed by atoms with Crippen molar-refractivity contribution in [1.29, 1.82) is 0 Å². The highest BCUT2D eigenvalue weighted by Gasteiger charge is 2.26. The van der Waals surface area contributed by atoms with Crippen molar-refractivity contribution in [1.82, 2.24) is 4.31 Å². The van der Waals surface area contributed by atoms with Crippen LogP contribution in [0.15, 0.2) is 47.4 Å². The molecule has 1 amide bonds. The van der Waals surface area contributed by atoms with Gasteiger partial charge < -0.3 is 19.5 Å². The number of benzene rings is 2. The van der Waals surface area contributed by atoms with Gasteiger partial charge in [0.2, 0.25) is 10.0 Å². The number of anilines is 1. The average molecular weight is 461 g/mol. The van der Waals surface area contributed by atoms with Gasteiger partial charge in [0.1, 0.15) is 13.2 Å². The zero-order chi connectivity index (χ0) is 22.6. The van der Waals surface area contributed by atoms with Crippen LogP contribution in [0.4, 0.5) is 5.69 Å². The summed E-state index contributed by atoms with van der Waals surface area (Å²) in [6, 6.07) is 10.5. The van der Waals surface area contributed by atoms with E-state index in [2.05, 4.69) is 5.32 Å². The molecule has 32 heavy (non-hydrogen) atoms. The smallest absolute Gasteiger partial charge is 0.338 e. The molecular weight excluding hydrogens is 436 g/mol. The van der Waals surface area contributed by atoms with Crippen molar-refractivity contribution in [3.05, 3.63) is 48.0 Å². The molecule has 1 saturated heterocycles. The highest BCUT2D eigenvalue weighted by atomic mass is 32.2. The number of hydrogen-bond acceptors (Lipinski definition) is 7. The lowest BCUT2D eigenvalue weighted by molar-refractivity contribution is -0.119. The number of ether oxygens (including phenoxy) is 3. The minimum Gasteiger partial charge on any atom is -0.486 e. The Hall–Kier alpha value is -3.11. The Labute approximate surface area is 186 Å². The standard InChI is InChI=1S/C22H24N2O7S/c25-21(23-17-6-9-19-20(14-17)30-13-12-29-19)15-31-22(26)16-4-7-18(8-5-16)32(27,28)24-10-2-1-3-11-24/h4-9,14H,1-3,10-13,15H2,(H,23,25). The van der Waals surface area contributed by atoms with Gasteiger partial charge in [-0.15, -0.1) is 0 Å². The summed E-state index contributed by atoms with van der Waals surface area (Å²) in [5.74, 6) is -0.0966. The summed E-state index contributed by atoms with van der Waals surface area (Å²) in [6.45, 7) is 1.43.